The van der Waals surface area contributed by atoms with Crippen LogP contribution < -0.4 is 0 Å². The molecule has 0 fully saturated rings. The number of aromatic amines is 1. The number of carbonyl (C=O) groups is 1. The number of H-pyrrole nitrogens is 1. The van der Waals surface area contributed by atoms with Gasteiger partial charge in [0.15, 0.2) is 11.6 Å². The highest BCUT2D eigenvalue weighted by atomic mass is 16.1. The first-order chi connectivity index (χ1) is 8.79. The predicted molar refractivity (Wildman–Crippen MR) is 77.5 cm³/mol. The van der Waals surface area contributed by atoms with E-state index in [0.717, 1.165) is 17.0 Å². The lowest BCUT2D eigenvalue weighted by molar-refractivity contribution is 0.100. The first-order valence-corrected chi connectivity index (χ1v) is 6.47. The van der Waals surface area contributed by atoms with Gasteiger partial charge in [-0.05, 0) is 17.9 Å². The Morgan fingerprint density at radius 1 is 1.16 bits per heavy atom. The molecule has 100 valence electrons. The highest BCUT2D eigenvalue weighted by molar-refractivity contribution is 5.91. The maximum atomic E-state index is 11.3. The van der Waals surface area contributed by atoms with Crippen LogP contribution in [0, 0.1) is 6.92 Å². The molecule has 1 heterocycles. The van der Waals surface area contributed by atoms with E-state index < -0.39 is 0 Å². The van der Waals surface area contributed by atoms with Gasteiger partial charge in [0.2, 0.25) is 0 Å². The van der Waals surface area contributed by atoms with Crippen LogP contribution in [0.2, 0.25) is 0 Å². The van der Waals surface area contributed by atoms with Gasteiger partial charge >= 0.3 is 0 Å². The van der Waals surface area contributed by atoms with Crippen LogP contribution in [0.3, 0.4) is 0 Å². The van der Waals surface area contributed by atoms with Crippen LogP contribution in [0.4, 0.5) is 0 Å². The molecule has 0 saturated heterocycles. The molecule has 0 atom stereocenters. The Morgan fingerprint density at radius 2 is 1.74 bits per heavy atom. The Kier molecular flexibility index (Phi) is 3.31. The average Bonchev–Trinajstić information content (AvgIpc) is 2.70. The number of benzene rings is 1. The van der Waals surface area contributed by atoms with E-state index in [2.05, 4.69) is 55.0 Å². The molecule has 1 aromatic carbocycles. The third-order valence-electron chi connectivity index (χ3n) is 3.24. The van der Waals surface area contributed by atoms with Crippen molar-refractivity contribution < 1.29 is 4.79 Å². The highest BCUT2D eigenvalue weighted by Crippen LogP contribution is 2.26. The van der Waals surface area contributed by atoms with Crippen LogP contribution >= 0.6 is 0 Å². The molecule has 0 aliphatic rings. The first-order valence-electron chi connectivity index (χ1n) is 6.47. The minimum absolute atomic E-state index is 0.0411. The quantitative estimate of drug-likeness (QED) is 0.829. The highest BCUT2D eigenvalue weighted by Gasteiger charge is 2.15. The molecule has 0 aliphatic heterocycles. The smallest absolute Gasteiger partial charge is 0.195 e. The summed E-state index contributed by atoms with van der Waals surface area (Å²) < 4.78 is 0. The van der Waals surface area contributed by atoms with E-state index in [1.54, 1.807) is 0 Å². The van der Waals surface area contributed by atoms with Crippen LogP contribution in [-0.2, 0) is 5.41 Å². The Balaban J connectivity index is 2.40. The van der Waals surface area contributed by atoms with Crippen molar-refractivity contribution >= 4 is 5.78 Å². The van der Waals surface area contributed by atoms with Crippen molar-refractivity contribution in [1.82, 2.24) is 9.97 Å². The molecule has 19 heavy (non-hydrogen) atoms. The normalized spacial score (nSPS) is 11.6. The molecule has 1 N–H and O–H groups in total. The standard InChI is InChI=1S/C16H20N2O/c1-10-14(18-15(17-10)11(2)19)12-6-8-13(9-7-12)16(3,4)5/h6-9H,1-5H3,(H,17,18). The third-order valence-corrected chi connectivity index (χ3v) is 3.24. The molecule has 1 aromatic heterocycles. The van der Waals surface area contributed by atoms with Gasteiger partial charge in [-0.3, -0.25) is 4.79 Å². The van der Waals surface area contributed by atoms with E-state index in [1.807, 2.05) is 6.92 Å². The van der Waals surface area contributed by atoms with Crippen molar-refractivity contribution in [2.75, 3.05) is 0 Å². The Morgan fingerprint density at radius 3 is 2.16 bits per heavy atom. The van der Waals surface area contributed by atoms with Gasteiger partial charge in [-0.15, -0.1) is 0 Å². The molecule has 0 spiro atoms. The van der Waals surface area contributed by atoms with Crippen LogP contribution in [0.5, 0.6) is 0 Å². The zero-order chi connectivity index (χ0) is 14.2. The molecular weight excluding hydrogens is 236 g/mol. The maximum Gasteiger partial charge on any atom is 0.195 e. The zero-order valence-corrected chi connectivity index (χ0v) is 12.2. The van der Waals surface area contributed by atoms with Crippen molar-refractivity contribution in [3.63, 3.8) is 0 Å². The Labute approximate surface area is 114 Å². The Bertz CT molecular complexity index is 601. The van der Waals surface area contributed by atoms with Gasteiger partial charge < -0.3 is 4.98 Å². The number of aromatic nitrogens is 2. The van der Waals surface area contributed by atoms with Crippen molar-refractivity contribution in [2.45, 2.75) is 40.0 Å². The monoisotopic (exact) mass is 256 g/mol. The van der Waals surface area contributed by atoms with E-state index >= 15 is 0 Å². The summed E-state index contributed by atoms with van der Waals surface area (Å²) in [5.74, 6) is 0.382. The second-order valence-corrected chi connectivity index (χ2v) is 5.94. The maximum absolute atomic E-state index is 11.3. The Hall–Kier alpha value is -1.90. The van der Waals surface area contributed by atoms with E-state index in [-0.39, 0.29) is 11.2 Å². The van der Waals surface area contributed by atoms with Crippen molar-refractivity contribution in [2.24, 2.45) is 0 Å². The number of Topliss-reactive ketones (excluding diaryl/α,β-unsaturated/α-hetero) is 1. The summed E-state index contributed by atoms with van der Waals surface area (Å²) in [4.78, 5) is 18.7. The van der Waals surface area contributed by atoms with Crippen LogP contribution in [-0.4, -0.2) is 15.8 Å². The van der Waals surface area contributed by atoms with E-state index in [4.69, 9.17) is 0 Å². The van der Waals surface area contributed by atoms with Gasteiger partial charge in [0.05, 0.1) is 5.69 Å². The number of aryl methyl sites for hydroxylation is 1. The number of hydrogen-bond acceptors (Lipinski definition) is 2. The fourth-order valence-corrected chi connectivity index (χ4v) is 2.04. The zero-order valence-electron chi connectivity index (χ0n) is 12.2. The molecule has 0 saturated carbocycles. The molecule has 0 radical (unpaired) electrons. The van der Waals surface area contributed by atoms with Gasteiger partial charge in [0.1, 0.15) is 0 Å². The average molecular weight is 256 g/mol. The lowest BCUT2D eigenvalue weighted by Gasteiger charge is -2.19. The number of nitrogens with one attached hydrogen (secondary N) is 1. The molecule has 3 nitrogen and oxygen atoms in total. The van der Waals surface area contributed by atoms with Gasteiger partial charge in [-0.2, -0.15) is 0 Å². The number of imidazole rings is 1. The van der Waals surface area contributed by atoms with Crippen LogP contribution in [0.1, 0.15) is 49.6 Å². The fourth-order valence-electron chi connectivity index (χ4n) is 2.04. The fraction of sp³-hybridized carbons (Fsp3) is 0.375. The van der Waals surface area contributed by atoms with E-state index in [0.29, 0.717) is 5.82 Å². The van der Waals surface area contributed by atoms with Gasteiger partial charge in [0, 0.05) is 18.2 Å². The van der Waals surface area contributed by atoms with Gasteiger partial charge in [-0.1, -0.05) is 45.0 Å². The summed E-state index contributed by atoms with van der Waals surface area (Å²) in [5.41, 5.74) is 4.24. The van der Waals surface area contributed by atoms with Crippen molar-refractivity contribution in [3.05, 3.63) is 41.3 Å². The van der Waals surface area contributed by atoms with Gasteiger partial charge in [-0.25, -0.2) is 4.98 Å². The van der Waals surface area contributed by atoms with Gasteiger partial charge in [0.25, 0.3) is 0 Å². The second-order valence-electron chi connectivity index (χ2n) is 5.94. The number of ketones is 1. The molecular formula is C16H20N2O. The second kappa shape index (κ2) is 4.65. The molecule has 0 unspecified atom stereocenters. The SMILES string of the molecule is CC(=O)c1nc(-c2ccc(C(C)(C)C)cc2)c(C)[nH]1. The predicted octanol–water partition coefficient (Wildman–Crippen LogP) is 3.89. The third kappa shape index (κ3) is 2.75. The minimum atomic E-state index is -0.0411. The molecule has 0 bridgehead atoms. The number of nitrogens with zero attached hydrogens (tertiary/aromatic N) is 1. The summed E-state index contributed by atoms with van der Waals surface area (Å²) in [6.45, 7) is 10.0. The number of carbonyl (C=O) groups excluding carboxylic acids is 1. The summed E-state index contributed by atoms with van der Waals surface area (Å²) in [6.07, 6.45) is 0. The van der Waals surface area contributed by atoms with Crippen molar-refractivity contribution in [3.8, 4) is 11.3 Å². The molecule has 2 aromatic rings. The first kappa shape index (κ1) is 13.5. The number of rotatable bonds is 2. The topological polar surface area (TPSA) is 45.8 Å². The summed E-state index contributed by atoms with van der Waals surface area (Å²) in [6, 6.07) is 8.37. The summed E-state index contributed by atoms with van der Waals surface area (Å²) >= 11 is 0. The lowest BCUT2D eigenvalue weighted by atomic mass is 9.86. The largest absolute Gasteiger partial charge is 0.339 e. The molecule has 2 rings (SSSR count). The van der Waals surface area contributed by atoms with E-state index in [1.165, 1.54) is 12.5 Å². The summed E-state index contributed by atoms with van der Waals surface area (Å²) in [7, 11) is 0. The van der Waals surface area contributed by atoms with E-state index in [9.17, 15) is 4.79 Å². The lowest BCUT2D eigenvalue weighted by Crippen LogP contribution is -2.10. The number of hydrogen-bond donors (Lipinski definition) is 1. The minimum Gasteiger partial charge on any atom is -0.339 e. The molecule has 3 heteroatoms. The van der Waals surface area contributed by atoms with Crippen LogP contribution in [0.15, 0.2) is 24.3 Å². The molecule has 0 amide bonds. The molecule has 0 aliphatic carbocycles. The van der Waals surface area contributed by atoms with Crippen molar-refractivity contribution in [1.29, 1.82) is 0 Å². The van der Waals surface area contributed by atoms with Crippen LogP contribution in [0.25, 0.3) is 11.3 Å². The summed E-state index contributed by atoms with van der Waals surface area (Å²) in [5, 5.41) is 0.